The fourth-order valence-corrected chi connectivity index (χ4v) is 3.47. The van der Waals surface area contributed by atoms with Crippen molar-refractivity contribution in [1.82, 2.24) is 4.98 Å². The molecule has 14 heteroatoms. The fourth-order valence-electron chi connectivity index (χ4n) is 2.21. The van der Waals surface area contributed by atoms with Gasteiger partial charge in [-0.05, 0) is 54.6 Å². The summed E-state index contributed by atoms with van der Waals surface area (Å²) in [6.07, 6.45) is -3.61. The van der Waals surface area contributed by atoms with Crippen LogP contribution < -0.4 is 10.0 Å². The number of halogens is 5. The standard InChI is InChI=1S/C18H13ClFN3O3S.C2HF3O2/c19-16-11-12(20)4-9-15(16)18(24)22-13-5-7-14(8-6-13)27(25,26)23-17-3-1-2-10-21-17;3-2(4,5)1(6)7/h1-11H,(H,21,23)(H,22,24);(H,6,7). The minimum Gasteiger partial charge on any atom is -0.475 e. The molecule has 3 N–H and O–H groups in total. The smallest absolute Gasteiger partial charge is 0.475 e. The quantitative estimate of drug-likeness (QED) is 0.424. The van der Waals surface area contributed by atoms with Crippen LogP contribution in [0.15, 0.2) is 71.8 Å². The number of aliphatic carboxylic acids is 1. The van der Waals surface area contributed by atoms with Crippen LogP contribution >= 0.6 is 11.6 Å². The maximum Gasteiger partial charge on any atom is 0.490 e. The summed E-state index contributed by atoms with van der Waals surface area (Å²) < 4.78 is 71.8. The Morgan fingerprint density at radius 1 is 1.00 bits per heavy atom. The number of aromatic nitrogens is 1. The monoisotopic (exact) mass is 519 g/mol. The van der Waals surface area contributed by atoms with Crippen molar-refractivity contribution < 1.29 is 40.7 Å². The molecule has 0 atom stereocenters. The molecule has 3 rings (SSSR count). The summed E-state index contributed by atoms with van der Waals surface area (Å²) in [6.45, 7) is 0. The zero-order valence-electron chi connectivity index (χ0n) is 16.7. The van der Waals surface area contributed by atoms with Gasteiger partial charge in [0.15, 0.2) is 0 Å². The van der Waals surface area contributed by atoms with E-state index < -0.39 is 33.9 Å². The van der Waals surface area contributed by atoms with Gasteiger partial charge in [-0.2, -0.15) is 13.2 Å². The van der Waals surface area contributed by atoms with Gasteiger partial charge in [-0.3, -0.25) is 9.52 Å². The molecule has 0 radical (unpaired) electrons. The SMILES string of the molecule is O=C(Nc1ccc(S(=O)(=O)Nc2ccccn2)cc1)c1ccc(F)cc1Cl.O=C(O)C(F)(F)F. The van der Waals surface area contributed by atoms with Crippen molar-refractivity contribution in [3.63, 3.8) is 0 Å². The zero-order valence-corrected chi connectivity index (χ0v) is 18.2. The number of anilines is 2. The Labute approximate surface area is 195 Å². The maximum absolute atomic E-state index is 13.1. The molecule has 1 amide bonds. The van der Waals surface area contributed by atoms with Crippen molar-refractivity contribution >= 4 is 45.0 Å². The fraction of sp³-hybridized carbons (Fsp3) is 0.0500. The lowest BCUT2D eigenvalue weighted by Crippen LogP contribution is -2.21. The number of alkyl halides is 3. The number of nitrogens with zero attached hydrogens (tertiary/aromatic N) is 1. The molecular formula is C20H14ClF4N3O5S. The van der Waals surface area contributed by atoms with E-state index in [1.54, 1.807) is 12.1 Å². The van der Waals surface area contributed by atoms with Gasteiger partial charge in [-0.1, -0.05) is 17.7 Å². The number of pyridine rings is 1. The topological polar surface area (TPSA) is 125 Å². The van der Waals surface area contributed by atoms with Crippen LogP contribution in [0.3, 0.4) is 0 Å². The highest BCUT2D eigenvalue weighted by Crippen LogP contribution is 2.21. The average Bonchev–Trinajstić information content (AvgIpc) is 2.74. The second kappa shape index (κ2) is 10.9. The Hall–Kier alpha value is -3.71. The Kier molecular flexibility index (Phi) is 8.54. The molecule has 0 saturated heterocycles. The Bertz CT molecular complexity index is 1270. The maximum atomic E-state index is 13.1. The van der Waals surface area contributed by atoms with Gasteiger partial charge in [-0.15, -0.1) is 0 Å². The second-order valence-corrected chi connectivity index (χ2v) is 8.32. The molecule has 0 bridgehead atoms. The van der Waals surface area contributed by atoms with Crippen LogP contribution in [0.4, 0.5) is 29.1 Å². The van der Waals surface area contributed by atoms with E-state index in [9.17, 15) is 30.8 Å². The minimum absolute atomic E-state index is 0.00552. The van der Waals surface area contributed by atoms with Crippen molar-refractivity contribution in [2.24, 2.45) is 0 Å². The van der Waals surface area contributed by atoms with E-state index in [4.69, 9.17) is 21.5 Å². The van der Waals surface area contributed by atoms with E-state index in [1.165, 1.54) is 42.6 Å². The van der Waals surface area contributed by atoms with Gasteiger partial charge in [-0.25, -0.2) is 22.6 Å². The van der Waals surface area contributed by atoms with Gasteiger partial charge < -0.3 is 10.4 Å². The Balaban J connectivity index is 0.000000509. The van der Waals surface area contributed by atoms with Crippen LogP contribution in [0.2, 0.25) is 5.02 Å². The average molecular weight is 520 g/mol. The first kappa shape index (κ1) is 26.5. The number of hydrogen-bond acceptors (Lipinski definition) is 5. The summed E-state index contributed by atoms with van der Waals surface area (Å²) in [6, 6.07) is 13.8. The van der Waals surface area contributed by atoms with Crippen molar-refractivity contribution in [2.45, 2.75) is 11.1 Å². The first-order valence-corrected chi connectivity index (χ1v) is 10.8. The van der Waals surface area contributed by atoms with E-state index in [1.807, 2.05) is 0 Å². The van der Waals surface area contributed by atoms with E-state index >= 15 is 0 Å². The molecule has 3 aromatic rings. The third-order valence-electron chi connectivity index (χ3n) is 3.74. The summed E-state index contributed by atoms with van der Waals surface area (Å²) >= 11 is 5.86. The third kappa shape index (κ3) is 7.71. The lowest BCUT2D eigenvalue weighted by atomic mass is 10.2. The molecule has 0 saturated carbocycles. The number of carboxylic acid groups (broad SMARTS) is 1. The molecule has 0 aliphatic rings. The Morgan fingerprint density at radius 3 is 2.12 bits per heavy atom. The number of carboxylic acids is 1. The highest BCUT2D eigenvalue weighted by Gasteiger charge is 2.38. The third-order valence-corrected chi connectivity index (χ3v) is 5.43. The number of carbonyl (C=O) groups is 2. The van der Waals surface area contributed by atoms with Crippen LogP contribution in [0.1, 0.15) is 10.4 Å². The lowest BCUT2D eigenvalue weighted by molar-refractivity contribution is -0.192. The van der Waals surface area contributed by atoms with Crippen LogP contribution in [0.25, 0.3) is 0 Å². The van der Waals surface area contributed by atoms with Gasteiger partial charge in [0.1, 0.15) is 11.6 Å². The van der Waals surface area contributed by atoms with Crippen LogP contribution in [0, 0.1) is 5.82 Å². The first-order chi connectivity index (χ1) is 15.8. The second-order valence-electron chi connectivity index (χ2n) is 6.23. The van der Waals surface area contributed by atoms with E-state index in [2.05, 4.69) is 15.0 Å². The van der Waals surface area contributed by atoms with E-state index in [0.717, 1.165) is 12.1 Å². The van der Waals surface area contributed by atoms with Crippen LogP contribution in [0.5, 0.6) is 0 Å². The summed E-state index contributed by atoms with van der Waals surface area (Å²) in [7, 11) is -3.81. The zero-order chi connectivity index (χ0) is 25.5. The number of carbonyl (C=O) groups excluding carboxylic acids is 1. The van der Waals surface area contributed by atoms with E-state index in [-0.39, 0.29) is 21.3 Å². The predicted molar refractivity (Wildman–Crippen MR) is 115 cm³/mol. The molecule has 0 fully saturated rings. The summed E-state index contributed by atoms with van der Waals surface area (Å²) in [5.74, 6) is -3.65. The van der Waals surface area contributed by atoms with Gasteiger partial charge in [0.25, 0.3) is 15.9 Å². The number of benzene rings is 2. The summed E-state index contributed by atoms with van der Waals surface area (Å²) in [5, 5.41) is 9.68. The van der Waals surface area contributed by atoms with Crippen molar-refractivity contribution in [3.8, 4) is 0 Å². The molecule has 0 spiro atoms. The predicted octanol–water partition coefficient (Wildman–Crippen LogP) is 4.56. The number of sulfonamides is 1. The Morgan fingerprint density at radius 2 is 1.62 bits per heavy atom. The first-order valence-electron chi connectivity index (χ1n) is 8.90. The van der Waals surface area contributed by atoms with Gasteiger partial charge >= 0.3 is 12.1 Å². The van der Waals surface area contributed by atoms with Crippen molar-refractivity contribution in [2.75, 3.05) is 10.0 Å². The largest absolute Gasteiger partial charge is 0.490 e. The van der Waals surface area contributed by atoms with Crippen LogP contribution in [-0.2, 0) is 14.8 Å². The van der Waals surface area contributed by atoms with Gasteiger partial charge in [0, 0.05) is 11.9 Å². The van der Waals surface area contributed by atoms with E-state index in [0.29, 0.717) is 5.69 Å². The number of amides is 1. The minimum atomic E-state index is -5.08. The van der Waals surface area contributed by atoms with Gasteiger partial charge in [0.05, 0.1) is 15.5 Å². The van der Waals surface area contributed by atoms with Crippen LogP contribution in [-0.4, -0.2) is 36.6 Å². The normalized spacial score (nSPS) is 11.1. The van der Waals surface area contributed by atoms with Crippen molar-refractivity contribution in [1.29, 1.82) is 0 Å². The summed E-state index contributed by atoms with van der Waals surface area (Å²) in [5.41, 5.74) is 0.462. The molecule has 0 unspecified atom stereocenters. The summed E-state index contributed by atoms with van der Waals surface area (Å²) in [4.78, 5) is 25.0. The molecule has 8 nitrogen and oxygen atoms in total. The lowest BCUT2D eigenvalue weighted by Gasteiger charge is -2.09. The molecule has 1 aromatic heterocycles. The molecule has 2 aromatic carbocycles. The number of nitrogens with one attached hydrogen (secondary N) is 2. The highest BCUT2D eigenvalue weighted by atomic mass is 35.5. The molecule has 34 heavy (non-hydrogen) atoms. The van der Waals surface area contributed by atoms with Gasteiger partial charge in [0.2, 0.25) is 0 Å². The molecule has 1 heterocycles. The highest BCUT2D eigenvalue weighted by molar-refractivity contribution is 7.92. The van der Waals surface area contributed by atoms with Crippen molar-refractivity contribution in [3.05, 3.63) is 83.3 Å². The molecular weight excluding hydrogens is 506 g/mol. The molecule has 0 aliphatic carbocycles. The number of rotatable bonds is 5. The molecule has 180 valence electrons. The molecule has 0 aliphatic heterocycles. The number of hydrogen-bond donors (Lipinski definition) is 3.